The van der Waals surface area contributed by atoms with Crippen LogP contribution in [0.2, 0.25) is 0 Å². The lowest BCUT2D eigenvalue weighted by molar-refractivity contribution is -0.143. The minimum absolute atomic E-state index is 0.0375. The Morgan fingerprint density at radius 2 is 1.42 bits per heavy atom. The zero-order valence-electron chi connectivity index (χ0n) is 24.6. The van der Waals surface area contributed by atoms with Crippen LogP contribution in [0.5, 0.6) is 0 Å². The lowest BCUT2D eigenvalue weighted by Crippen LogP contribution is -2.60. The second kappa shape index (κ2) is 13.4. The van der Waals surface area contributed by atoms with Gasteiger partial charge in [-0.1, -0.05) is 30.3 Å². The zero-order valence-corrected chi connectivity index (χ0v) is 24.6. The number of alkyl halides is 6. The lowest BCUT2D eigenvalue weighted by Gasteiger charge is -2.47. The van der Waals surface area contributed by atoms with Gasteiger partial charge in [-0.2, -0.15) is 26.3 Å². The number of likely N-dealkylation sites (tertiary alicyclic amines) is 1. The summed E-state index contributed by atoms with van der Waals surface area (Å²) in [6.07, 6.45) is -11.0. The molecule has 0 aliphatic carbocycles. The van der Waals surface area contributed by atoms with E-state index in [0.717, 1.165) is 17.6 Å². The van der Waals surface area contributed by atoms with E-state index in [4.69, 9.17) is 14.2 Å². The molecule has 1 aliphatic heterocycles. The number of halogens is 6. The first-order chi connectivity index (χ1) is 19.9. The van der Waals surface area contributed by atoms with Gasteiger partial charge in [0.15, 0.2) is 0 Å². The fourth-order valence-electron chi connectivity index (χ4n) is 5.29. The molecule has 0 N–H and O–H groups in total. The van der Waals surface area contributed by atoms with Crippen molar-refractivity contribution in [3.8, 4) is 0 Å². The van der Waals surface area contributed by atoms with Gasteiger partial charge in [0.1, 0.15) is 5.60 Å². The highest BCUT2D eigenvalue weighted by Gasteiger charge is 2.44. The van der Waals surface area contributed by atoms with Crippen molar-refractivity contribution in [3.05, 3.63) is 70.8 Å². The molecule has 0 bridgehead atoms. The van der Waals surface area contributed by atoms with Gasteiger partial charge < -0.3 is 19.1 Å². The van der Waals surface area contributed by atoms with Crippen molar-refractivity contribution in [1.29, 1.82) is 0 Å². The van der Waals surface area contributed by atoms with Crippen LogP contribution in [0.15, 0.2) is 48.5 Å². The number of hydrogen-bond donors (Lipinski definition) is 0. The maximum absolute atomic E-state index is 13.5. The molecule has 7 nitrogen and oxygen atoms in total. The van der Waals surface area contributed by atoms with Gasteiger partial charge in [-0.3, -0.25) is 4.90 Å². The highest BCUT2D eigenvalue weighted by molar-refractivity contribution is 5.70. The van der Waals surface area contributed by atoms with Gasteiger partial charge in [-0.25, -0.2) is 9.59 Å². The molecule has 0 radical (unpaired) electrons. The summed E-state index contributed by atoms with van der Waals surface area (Å²) in [7, 11) is 2.51. The third-order valence-electron chi connectivity index (χ3n) is 7.00. The molecule has 0 unspecified atom stereocenters. The standard InChI is InChI=1S/C30H36F6N2O5/c1-28(2,3)43-27(40)38-24(13-19-9-7-6-8-10-19)15-23(16-25(38)18-41-4)37(26(39)42-5)17-20-11-21(29(31,32)33)14-22(12-20)30(34,35)36/h6-12,14,23-25H,13,15-18H2,1-5H3/t23-,24+,25+/m1/s1. The molecule has 2 amide bonds. The number of hydrogen-bond acceptors (Lipinski definition) is 5. The molecule has 0 spiro atoms. The first-order valence-electron chi connectivity index (χ1n) is 13.6. The summed E-state index contributed by atoms with van der Waals surface area (Å²) in [5.74, 6) is 0. The number of methoxy groups -OCH3 is 2. The molecule has 1 fully saturated rings. The highest BCUT2D eigenvalue weighted by atomic mass is 19.4. The van der Waals surface area contributed by atoms with Crippen LogP contribution in [-0.4, -0.2) is 66.5 Å². The summed E-state index contributed by atoms with van der Waals surface area (Å²) in [5.41, 5.74) is -3.29. The molecule has 1 heterocycles. The van der Waals surface area contributed by atoms with Gasteiger partial charge in [0.25, 0.3) is 0 Å². The molecule has 13 heteroatoms. The summed E-state index contributed by atoms with van der Waals surface area (Å²) in [6, 6.07) is 8.50. The first-order valence-corrected chi connectivity index (χ1v) is 13.6. The van der Waals surface area contributed by atoms with Crippen molar-refractivity contribution in [2.24, 2.45) is 0 Å². The molecule has 43 heavy (non-hydrogen) atoms. The lowest BCUT2D eigenvalue weighted by atomic mass is 9.87. The molecule has 1 aliphatic rings. The van der Waals surface area contributed by atoms with Crippen LogP contribution >= 0.6 is 0 Å². The Hall–Kier alpha value is -3.48. The smallest absolute Gasteiger partial charge is 0.416 e. The van der Waals surface area contributed by atoms with E-state index in [1.54, 1.807) is 25.7 Å². The number of carbonyl (C=O) groups is 2. The van der Waals surface area contributed by atoms with Gasteiger partial charge in [-0.15, -0.1) is 0 Å². The maximum atomic E-state index is 13.5. The summed E-state index contributed by atoms with van der Waals surface area (Å²) >= 11 is 0. The summed E-state index contributed by atoms with van der Waals surface area (Å²) in [4.78, 5) is 29.2. The molecule has 1 saturated heterocycles. The number of piperidine rings is 1. The third kappa shape index (κ3) is 9.25. The molecule has 2 aromatic rings. The average molecular weight is 619 g/mol. The molecular weight excluding hydrogens is 582 g/mol. The molecule has 3 rings (SSSR count). The average Bonchev–Trinajstić information content (AvgIpc) is 2.89. The predicted octanol–water partition coefficient (Wildman–Crippen LogP) is 7.32. The highest BCUT2D eigenvalue weighted by Crippen LogP contribution is 2.38. The Morgan fingerprint density at radius 3 is 1.91 bits per heavy atom. The minimum atomic E-state index is -5.05. The molecular formula is C30H36F6N2O5. The summed E-state index contributed by atoms with van der Waals surface area (Å²) in [6.45, 7) is 4.61. The minimum Gasteiger partial charge on any atom is -0.453 e. The van der Waals surface area contributed by atoms with E-state index in [9.17, 15) is 35.9 Å². The predicted molar refractivity (Wildman–Crippen MR) is 145 cm³/mol. The molecule has 2 aromatic carbocycles. The Morgan fingerprint density at radius 1 is 0.860 bits per heavy atom. The monoisotopic (exact) mass is 618 g/mol. The van der Waals surface area contributed by atoms with Gasteiger partial charge in [0.05, 0.1) is 30.9 Å². The van der Waals surface area contributed by atoms with Gasteiger partial charge >= 0.3 is 24.5 Å². The van der Waals surface area contributed by atoms with Crippen molar-refractivity contribution < 1.29 is 50.1 Å². The van der Waals surface area contributed by atoms with Crippen molar-refractivity contribution in [3.63, 3.8) is 0 Å². The van der Waals surface area contributed by atoms with E-state index >= 15 is 0 Å². The number of carbonyl (C=O) groups excluding carboxylic acids is 2. The van der Waals surface area contributed by atoms with E-state index in [1.165, 1.54) is 7.11 Å². The first kappa shape index (κ1) is 34.0. The Bertz CT molecular complexity index is 1210. The van der Waals surface area contributed by atoms with Crippen LogP contribution in [0.1, 0.15) is 55.9 Å². The quantitative estimate of drug-likeness (QED) is 0.304. The number of ether oxygens (including phenoxy) is 3. The van der Waals surface area contributed by atoms with E-state index in [1.807, 2.05) is 30.3 Å². The van der Waals surface area contributed by atoms with Crippen molar-refractivity contribution >= 4 is 12.2 Å². The second-order valence-corrected chi connectivity index (χ2v) is 11.5. The Balaban J connectivity index is 2.05. The zero-order chi connectivity index (χ0) is 32.2. The number of nitrogens with zero attached hydrogens (tertiary/aromatic N) is 2. The topological polar surface area (TPSA) is 68.3 Å². The summed E-state index contributed by atoms with van der Waals surface area (Å²) in [5, 5.41) is 0. The number of rotatable bonds is 7. The SMILES string of the molecule is COC[C@@H]1C[C@H](N(Cc2cc(C(F)(F)F)cc(C(F)(F)F)c2)C(=O)OC)C[C@H](Cc2ccccc2)N1C(=O)OC(C)(C)C. The Kier molecular flexibility index (Phi) is 10.6. The van der Waals surface area contributed by atoms with E-state index in [2.05, 4.69) is 0 Å². The molecule has 3 atom stereocenters. The maximum Gasteiger partial charge on any atom is 0.416 e. The van der Waals surface area contributed by atoms with Crippen molar-refractivity contribution in [1.82, 2.24) is 9.80 Å². The van der Waals surface area contributed by atoms with Crippen molar-refractivity contribution in [2.45, 2.75) is 82.7 Å². The van der Waals surface area contributed by atoms with Crippen LogP contribution in [0, 0.1) is 0 Å². The summed E-state index contributed by atoms with van der Waals surface area (Å²) < 4.78 is 97.3. The van der Waals surface area contributed by atoms with Gasteiger partial charge in [0.2, 0.25) is 0 Å². The van der Waals surface area contributed by atoms with Crippen LogP contribution in [0.4, 0.5) is 35.9 Å². The normalized spacial score (nSPS) is 19.6. The van der Waals surface area contributed by atoms with Crippen LogP contribution in [0.25, 0.3) is 0 Å². The third-order valence-corrected chi connectivity index (χ3v) is 7.00. The fourth-order valence-corrected chi connectivity index (χ4v) is 5.29. The Labute approximate surface area is 246 Å². The number of amides is 2. The molecule has 238 valence electrons. The fraction of sp³-hybridized carbons (Fsp3) is 0.533. The largest absolute Gasteiger partial charge is 0.453 e. The van der Waals surface area contributed by atoms with Gasteiger partial charge in [-0.05, 0) is 69.4 Å². The van der Waals surface area contributed by atoms with E-state index < -0.39 is 65.9 Å². The molecule has 0 saturated carbocycles. The second-order valence-electron chi connectivity index (χ2n) is 11.5. The number of benzene rings is 2. The molecule has 0 aromatic heterocycles. The van der Waals surface area contributed by atoms with Gasteiger partial charge in [0, 0.05) is 25.7 Å². The van der Waals surface area contributed by atoms with Crippen molar-refractivity contribution in [2.75, 3.05) is 20.8 Å². The van der Waals surface area contributed by atoms with E-state index in [-0.39, 0.29) is 31.1 Å². The van der Waals surface area contributed by atoms with Crippen LogP contribution in [-0.2, 0) is 39.5 Å². The van der Waals surface area contributed by atoms with E-state index in [0.29, 0.717) is 18.6 Å². The van der Waals surface area contributed by atoms with Crippen LogP contribution in [0.3, 0.4) is 0 Å². The van der Waals surface area contributed by atoms with Crippen LogP contribution < -0.4 is 0 Å².